The summed E-state index contributed by atoms with van der Waals surface area (Å²) in [5, 5.41) is 10.1. The van der Waals surface area contributed by atoms with Gasteiger partial charge in [0.1, 0.15) is 6.29 Å². The largest absolute Gasteiger partial charge is 0.393 e. The van der Waals surface area contributed by atoms with E-state index in [4.69, 9.17) is 0 Å². The molecule has 0 aromatic rings. The first-order valence-electron chi connectivity index (χ1n) is 6.42. The lowest BCUT2D eigenvalue weighted by atomic mass is 9.63. The minimum absolute atomic E-state index is 0.143. The molecule has 1 fully saturated rings. The van der Waals surface area contributed by atoms with Crippen molar-refractivity contribution in [1.29, 1.82) is 0 Å². The summed E-state index contributed by atoms with van der Waals surface area (Å²) in [5.41, 5.74) is 1.57. The van der Waals surface area contributed by atoms with Gasteiger partial charge in [0.05, 0.1) is 6.10 Å². The van der Waals surface area contributed by atoms with Crippen molar-refractivity contribution in [2.75, 3.05) is 0 Å². The number of fused-ring (bicyclic) bond motifs is 1. The molecule has 0 aliphatic heterocycles. The maximum Gasteiger partial charge on any atom is 0.120 e. The van der Waals surface area contributed by atoms with Crippen LogP contribution in [0.15, 0.2) is 11.6 Å². The number of aliphatic hydroxyl groups excluding tert-OH is 1. The van der Waals surface area contributed by atoms with Crippen LogP contribution in [-0.2, 0) is 4.79 Å². The Hall–Kier alpha value is -0.630. The summed E-state index contributed by atoms with van der Waals surface area (Å²) in [6, 6.07) is 0. The molecule has 2 aliphatic rings. The van der Waals surface area contributed by atoms with Crippen LogP contribution < -0.4 is 0 Å². The van der Waals surface area contributed by atoms with E-state index in [-0.39, 0.29) is 11.5 Å². The van der Waals surface area contributed by atoms with Crippen LogP contribution in [0.3, 0.4) is 0 Å². The van der Waals surface area contributed by atoms with Crippen molar-refractivity contribution in [2.24, 2.45) is 17.3 Å². The topological polar surface area (TPSA) is 37.3 Å². The van der Waals surface area contributed by atoms with Crippen molar-refractivity contribution < 1.29 is 9.90 Å². The number of hydrogen-bond acceptors (Lipinski definition) is 2. The summed E-state index contributed by atoms with van der Waals surface area (Å²) < 4.78 is 0. The van der Waals surface area contributed by atoms with E-state index in [0.29, 0.717) is 18.3 Å². The van der Waals surface area contributed by atoms with Gasteiger partial charge in [-0.3, -0.25) is 0 Å². The van der Waals surface area contributed by atoms with Crippen LogP contribution in [0.25, 0.3) is 0 Å². The van der Waals surface area contributed by atoms with Crippen LogP contribution in [0.4, 0.5) is 0 Å². The number of carbonyl (C=O) groups is 1. The Labute approximate surface area is 97.7 Å². The van der Waals surface area contributed by atoms with Gasteiger partial charge in [-0.1, -0.05) is 25.5 Å². The van der Waals surface area contributed by atoms with Crippen molar-refractivity contribution in [1.82, 2.24) is 0 Å². The molecule has 4 atom stereocenters. The number of hydrogen-bond donors (Lipinski definition) is 1. The lowest BCUT2D eigenvalue weighted by Gasteiger charge is -2.43. The molecule has 1 N–H and O–H groups in total. The fourth-order valence-corrected chi connectivity index (χ4v) is 3.79. The molecule has 1 unspecified atom stereocenters. The average Bonchev–Trinajstić information content (AvgIpc) is 2.57. The van der Waals surface area contributed by atoms with Crippen molar-refractivity contribution in [3.05, 3.63) is 11.6 Å². The average molecular weight is 222 g/mol. The highest BCUT2D eigenvalue weighted by Gasteiger charge is 2.47. The number of aldehydes is 1. The van der Waals surface area contributed by atoms with Crippen LogP contribution in [-0.4, -0.2) is 17.5 Å². The van der Waals surface area contributed by atoms with Crippen LogP contribution >= 0.6 is 0 Å². The number of rotatable bonds is 3. The molecule has 0 aromatic heterocycles. The highest BCUT2D eigenvalue weighted by Crippen LogP contribution is 2.54. The number of carbonyl (C=O) groups excluding carboxylic acids is 1. The predicted octanol–water partition coefficient (Wildman–Crippen LogP) is 2.71. The van der Waals surface area contributed by atoms with Gasteiger partial charge < -0.3 is 9.90 Å². The van der Waals surface area contributed by atoms with Crippen LogP contribution in [0.1, 0.15) is 46.0 Å². The monoisotopic (exact) mass is 222 g/mol. The van der Waals surface area contributed by atoms with Gasteiger partial charge >= 0.3 is 0 Å². The fourth-order valence-electron chi connectivity index (χ4n) is 3.79. The molecule has 16 heavy (non-hydrogen) atoms. The molecule has 0 aromatic carbocycles. The fraction of sp³-hybridized carbons (Fsp3) is 0.786. The van der Waals surface area contributed by atoms with Gasteiger partial charge in [0.2, 0.25) is 0 Å². The molecule has 0 spiro atoms. The molecule has 0 saturated heterocycles. The second-order valence-corrected chi connectivity index (χ2v) is 5.68. The Kier molecular flexibility index (Phi) is 3.20. The van der Waals surface area contributed by atoms with E-state index in [1.54, 1.807) is 0 Å². The van der Waals surface area contributed by atoms with E-state index < -0.39 is 0 Å². The molecule has 2 rings (SSSR count). The molecule has 0 bridgehead atoms. The Morgan fingerprint density at radius 2 is 2.44 bits per heavy atom. The first-order chi connectivity index (χ1) is 7.59. The van der Waals surface area contributed by atoms with E-state index in [1.165, 1.54) is 12.0 Å². The smallest absolute Gasteiger partial charge is 0.120 e. The van der Waals surface area contributed by atoms with Gasteiger partial charge in [-0.2, -0.15) is 0 Å². The maximum absolute atomic E-state index is 10.6. The van der Waals surface area contributed by atoms with E-state index in [2.05, 4.69) is 19.9 Å². The normalized spacial score (nSPS) is 40.1. The highest BCUT2D eigenvalue weighted by atomic mass is 16.3. The summed E-state index contributed by atoms with van der Waals surface area (Å²) in [6.45, 7) is 4.41. The van der Waals surface area contributed by atoms with E-state index in [9.17, 15) is 9.90 Å². The van der Waals surface area contributed by atoms with Crippen molar-refractivity contribution in [3.8, 4) is 0 Å². The Balaban J connectivity index is 2.19. The summed E-state index contributed by atoms with van der Waals surface area (Å²) in [4.78, 5) is 10.6. The third-order valence-corrected chi connectivity index (χ3v) is 4.71. The Morgan fingerprint density at radius 3 is 3.12 bits per heavy atom. The molecular weight excluding hydrogens is 200 g/mol. The molecule has 2 nitrogen and oxygen atoms in total. The minimum Gasteiger partial charge on any atom is -0.393 e. The van der Waals surface area contributed by atoms with Crippen molar-refractivity contribution in [2.45, 2.75) is 52.1 Å². The van der Waals surface area contributed by atoms with Crippen molar-refractivity contribution >= 4 is 6.29 Å². The lowest BCUT2D eigenvalue weighted by molar-refractivity contribution is -0.108. The molecule has 90 valence electrons. The first-order valence-corrected chi connectivity index (χ1v) is 6.42. The summed E-state index contributed by atoms with van der Waals surface area (Å²) in [6.07, 6.45) is 8.00. The Morgan fingerprint density at radius 1 is 1.69 bits per heavy atom. The van der Waals surface area contributed by atoms with Gasteiger partial charge in [-0.05, 0) is 42.9 Å². The number of aliphatic hydroxyl groups is 1. The molecule has 0 radical (unpaired) electrons. The molecule has 2 aliphatic carbocycles. The zero-order valence-electron chi connectivity index (χ0n) is 10.3. The van der Waals surface area contributed by atoms with Gasteiger partial charge in [0.25, 0.3) is 0 Å². The predicted molar refractivity (Wildman–Crippen MR) is 64.0 cm³/mol. The van der Waals surface area contributed by atoms with Gasteiger partial charge in [0.15, 0.2) is 0 Å². The molecule has 0 amide bonds. The van der Waals surface area contributed by atoms with Crippen LogP contribution in [0, 0.1) is 17.3 Å². The van der Waals surface area contributed by atoms with Gasteiger partial charge in [-0.15, -0.1) is 0 Å². The maximum atomic E-state index is 10.6. The van der Waals surface area contributed by atoms with Crippen LogP contribution in [0.2, 0.25) is 0 Å². The van der Waals surface area contributed by atoms with E-state index >= 15 is 0 Å². The second kappa shape index (κ2) is 4.33. The number of allylic oxidation sites excluding steroid dienone is 2. The molecule has 1 saturated carbocycles. The quantitative estimate of drug-likeness (QED) is 0.589. The Bertz CT molecular complexity index is 308. The summed E-state index contributed by atoms with van der Waals surface area (Å²) >= 11 is 0. The lowest BCUT2D eigenvalue weighted by Crippen LogP contribution is -2.39. The SMILES string of the molecule is C[C@H](CC=O)C1=CC[C@H]2C(O)CCC[C@]12C. The van der Waals surface area contributed by atoms with Gasteiger partial charge in [-0.25, -0.2) is 0 Å². The molecule has 2 heteroatoms. The van der Waals surface area contributed by atoms with Crippen molar-refractivity contribution in [3.63, 3.8) is 0 Å². The zero-order valence-corrected chi connectivity index (χ0v) is 10.3. The van der Waals surface area contributed by atoms with Gasteiger partial charge in [0, 0.05) is 6.42 Å². The second-order valence-electron chi connectivity index (χ2n) is 5.68. The zero-order chi connectivity index (χ0) is 11.8. The third-order valence-electron chi connectivity index (χ3n) is 4.71. The van der Waals surface area contributed by atoms with E-state index in [1.807, 2.05) is 0 Å². The first kappa shape index (κ1) is 11.8. The highest BCUT2D eigenvalue weighted by molar-refractivity contribution is 5.51. The third kappa shape index (κ3) is 1.73. The molecule has 0 heterocycles. The standard InChI is InChI=1S/C14H22O2/c1-10(7-9-15)11-5-6-12-13(16)4-3-8-14(11,12)2/h5,9-10,12-13,16H,3-4,6-8H2,1-2H3/t10-,12+,13?,14-/m1/s1. The van der Waals surface area contributed by atoms with E-state index in [0.717, 1.165) is 25.5 Å². The summed E-state index contributed by atoms with van der Waals surface area (Å²) in [7, 11) is 0. The van der Waals surface area contributed by atoms with Crippen LogP contribution in [0.5, 0.6) is 0 Å². The molecular formula is C14H22O2. The summed E-state index contributed by atoms with van der Waals surface area (Å²) in [5.74, 6) is 0.739. The minimum atomic E-state index is -0.143.